The molecule has 2 rings (SSSR count). The molecule has 0 radical (unpaired) electrons. The predicted molar refractivity (Wildman–Crippen MR) is 117 cm³/mol. The van der Waals surface area contributed by atoms with E-state index in [4.69, 9.17) is 17.0 Å². The number of nitrogens with zero attached hydrogens (tertiary/aromatic N) is 2. The van der Waals surface area contributed by atoms with Crippen LogP contribution in [-0.4, -0.2) is 40.6 Å². The van der Waals surface area contributed by atoms with E-state index in [1.54, 1.807) is 0 Å². The van der Waals surface area contributed by atoms with Crippen molar-refractivity contribution in [1.29, 1.82) is 0 Å². The van der Waals surface area contributed by atoms with E-state index >= 15 is 0 Å². The van der Waals surface area contributed by atoms with Gasteiger partial charge in [0.15, 0.2) is 0 Å². The van der Waals surface area contributed by atoms with Crippen molar-refractivity contribution in [2.75, 3.05) is 0 Å². The van der Waals surface area contributed by atoms with Crippen LogP contribution in [0, 0.1) is 12.5 Å². The number of hydrogen-bond acceptors (Lipinski definition) is 4. The van der Waals surface area contributed by atoms with Crippen molar-refractivity contribution in [3.63, 3.8) is 0 Å². The molecule has 1 aliphatic rings. The first kappa shape index (κ1) is 23.4. The van der Waals surface area contributed by atoms with Crippen molar-refractivity contribution in [3.05, 3.63) is 47.3 Å². The third-order valence-electron chi connectivity index (χ3n) is 5.89. The number of carbonyl (C=O) groups excluding carboxylic acids is 1. The van der Waals surface area contributed by atoms with E-state index < -0.39 is 11.6 Å². The lowest BCUT2D eigenvalue weighted by Crippen LogP contribution is -2.52. The van der Waals surface area contributed by atoms with Crippen molar-refractivity contribution in [1.82, 2.24) is 4.90 Å². The summed E-state index contributed by atoms with van der Waals surface area (Å²) < 4.78 is 5.71. The van der Waals surface area contributed by atoms with Gasteiger partial charge in [-0.05, 0) is 38.7 Å². The number of benzene rings is 1. The molecule has 1 aromatic carbocycles. The summed E-state index contributed by atoms with van der Waals surface area (Å²) >= 11 is 0. The Labute approximate surface area is 176 Å². The molecule has 0 amide bonds. The molecule has 1 aliphatic heterocycles. The van der Waals surface area contributed by atoms with Crippen LogP contribution in [-0.2, 0) is 16.1 Å². The summed E-state index contributed by atoms with van der Waals surface area (Å²) in [6, 6.07) is 9.07. The second kappa shape index (κ2) is 10.2. The first-order valence-electron chi connectivity index (χ1n) is 10.8. The molecule has 0 aliphatic carbocycles. The number of nitrogens with two attached hydrogens (primary N) is 1. The minimum Gasteiger partial charge on any atom is -0.459 e. The zero-order valence-electron chi connectivity index (χ0n) is 18.6. The summed E-state index contributed by atoms with van der Waals surface area (Å²) in [4.78, 5) is 19.0. The minimum atomic E-state index is -0.557. The molecule has 160 valence electrons. The highest BCUT2D eigenvalue weighted by atomic mass is 16.6. The number of esters is 1. The standard InChI is InChI=1S/C24H37N3O2/c1-7-17(8-2)14-19(25)22-20(26-6)15-21(23(28)29-24(3,4)5)27(22)16-18-12-10-9-11-13-18/h9-13,17,19-22H,7-8,14-16,25H2,1-5H3/t19-,20+,21+,22-/m0/s1. The highest BCUT2D eigenvalue weighted by Gasteiger charge is 2.51. The topological polar surface area (TPSA) is 59.9 Å². The van der Waals surface area contributed by atoms with Crippen LogP contribution in [0.5, 0.6) is 0 Å². The van der Waals surface area contributed by atoms with E-state index in [0.717, 1.165) is 24.8 Å². The van der Waals surface area contributed by atoms with Crippen LogP contribution >= 0.6 is 0 Å². The van der Waals surface area contributed by atoms with Crippen LogP contribution in [0.4, 0.5) is 0 Å². The molecule has 0 unspecified atom stereocenters. The fourth-order valence-electron chi connectivity index (χ4n) is 4.35. The molecule has 1 aromatic rings. The van der Waals surface area contributed by atoms with Crippen molar-refractivity contribution in [3.8, 4) is 0 Å². The lowest BCUT2D eigenvalue weighted by molar-refractivity contribution is -0.161. The number of rotatable bonds is 8. The highest BCUT2D eigenvalue weighted by molar-refractivity contribution is 5.77. The summed E-state index contributed by atoms with van der Waals surface area (Å²) in [5.41, 5.74) is 7.25. The van der Waals surface area contributed by atoms with Crippen molar-refractivity contribution < 1.29 is 9.53 Å². The zero-order valence-corrected chi connectivity index (χ0v) is 18.6. The van der Waals surface area contributed by atoms with E-state index in [9.17, 15) is 4.79 Å². The Bertz CT molecular complexity index is 688. The van der Waals surface area contributed by atoms with Gasteiger partial charge in [0.25, 0.3) is 0 Å². The number of ether oxygens (including phenoxy) is 1. The Balaban J connectivity index is 2.33. The van der Waals surface area contributed by atoms with Gasteiger partial charge in [0, 0.05) is 12.6 Å². The van der Waals surface area contributed by atoms with Gasteiger partial charge in [0.2, 0.25) is 6.04 Å². The molecule has 5 nitrogen and oxygen atoms in total. The van der Waals surface area contributed by atoms with Crippen LogP contribution in [0.2, 0.25) is 0 Å². The largest absolute Gasteiger partial charge is 0.459 e. The fraction of sp³-hybridized carbons (Fsp3) is 0.667. The molecular weight excluding hydrogens is 362 g/mol. The summed E-state index contributed by atoms with van der Waals surface area (Å²) in [6.07, 6.45) is 3.50. The summed E-state index contributed by atoms with van der Waals surface area (Å²) in [6.45, 7) is 18.4. The Morgan fingerprint density at radius 1 is 1.28 bits per heavy atom. The third kappa shape index (κ3) is 6.29. The number of carbonyl (C=O) groups is 1. The van der Waals surface area contributed by atoms with Crippen LogP contribution < -0.4 is 5.73 Å². The first-order valence-corrected chi connectivity index (χ1v) is 10.8. The van der Waals surface area contributed by atoms with Gasteiger partial charge in [-0.2, -0.15) is 0 Å². The van der Waals surface area contributed by atoms with Crippen molar-refractivity contribution in [2.24, 2.45) is 11.7 Å². The second-order valence-electron chi connectivity index (χ2n) is 9.21. The number of likely N-dealkylation sites (tertiary alicyclic amines) is 1. The molecule has 29 heavy (non-hydrogen) atoms. The van der Waals surface area contributed by atoms with Gasteiger partial charge in [-0.25, -0.2) is 6.57 Å². The third-order valence-corrected chi connectivity index (χ3v) is 5.89. The van der Waals surface area contributed by atoms with E-state index in [1.165, 1.54) is 0 Å². The van der Waals surface area contributed by atoms with E-state index in [1.807, 2.05) is 39.0 Å². The first-order chi connectivity index (χ1) is 13.7. The van der Waals surface area contributed by atoms with Crippen molar-refractivity contribution in [2.45, 2.75) is 96.6 Å². The Kier molecular flexibility index (Phi) is 8.24. The van der Waals surface area contributed by atoms with E-state index in [0.29, 0.717) is 18.9 Å². The maximum absolute atomic E-state index is 13.0. The average molecular weight is 400 g/mol. The average Bonchev–Trinajstić information content (AvgIpc) is 3.04. The molecule has 0 bridgehead atoms. The quantitative estimate of drug-likeness (QED) is 0.519. The monoisotopic (exact) mass is 399 g/mol. The van der Waals surface area contributed by atoms with E-state index in [2.05, 4.69) is 35.7 Å². The van der Waals surface area contributed by atoms with Gasteiger partial charge >= 0.3 is 5.97 Å². The molecule has 5 heteroatoms. The van der Waals surface area contributed by atoms with Crippen LogP contribution in [0.3, 0.4) is 0 Å². The van der Waals surface area contributed by atoms with E-state index in [-0.39, 0.29) is 24.1 Å². The normalized spacial score (nSPS) is 23.7. The smallest absolute Gasteiger partial charge is 0.324 e. The second-order valence-corrected chi connectivity index (χ2v) is 9.21. The lowest BCUT2D eigenvalue weighted by Gasteiger charge is -2.34. The highest BCUT2D eigenvalue weighted by Crippen LogP contribution is 2.34. The zero-order chi connectivity index (χ0) is 21.6. The molecule has 1 saturated heterocycles. The van der Waals surface area contributed by atoms with Gasteiger partial charge in [-0.3, -0.25) is 9.69 Å². The summed E-state index contributed by atoms with van der Waals surface area (Å²) in [5.74, 6) is 0.287. The Morgan fingerprint density at radius 3 is 2.41 bits per heavy atom. The summed E-state index contributed by atoms with van der Waals surface area (Å²) in [5, 5.41) is 0. The lowest BCUT2D eigenvalue weighted by atomic mass is 9.89. The fourth-order valence-corrected chi connectivity index (χ4v) is 4.35. The van der Waals surface area contributed by atoms with Gasteiger partial charge in [0.05, 0.1) is 6.42 Å². The van der Waals surface area contributed by atoms with Gasteiger partial charge in [-0.15, -0.1) is 0 Å². The Morgan fingerprint density at radius 2 is 1.90 bits per heavy atom. The molecule has 0 aromatic heterocycles. The van der Waals surface area contributed by atoms with Gasteiger partial charge < -0.3 is 15.3 Å². The minimum absolute atomic E-state index is 0.143. The molecule has 1 heterocycles. The summed E-state index contributed by atoms with van der Waals surface area (Å²) in [7, 11) is 0. The van der Waals surface area contributed by atoms with Crippen LogP contribution in [0.1, 0.15) is 65.9 Å². The molecule has 2 N–H and O–H groups in total. The van der Waals surface area contributed by atoms with Gasteiger partial charge in [-0.1, -0.05) is 57.0 Å². The Hall–Kier alpha value is -1.90. The predicted octanol–water partition coefficient (Wildman–Crippen LogP) is 4.41. The van der Waals surface area contributed by atoms with Crippen LogP contribution in [0.15, 0.2) is 30.3 Å². The molecule has 0 spiro atoms. The number of hydrogen-bond donors (Lipinski definition) is 1. The van der Waals surface area contributed by atoms with Crippen LogP contribution in [0.25, 0.3) is 4.85 Å². The molecular formula is C24H37N3O2. The maximum Gasteiger partial charge on any atom is 0.324 e. The van der Waals surface area contributed by atoms with Gasteiger partial charge in [0.1, 0.15) is 17.7 Å². The molecule has 0 saturated carbocycles. The van der Waals surface area contributed by atoms with Crippen molar-refractivity contribution >= 4 is 5.97 Å². The molecule has 1 fully saturated rings. The molecule has 4 atom stereocenters. The maximum atomic E-state index is 13.0. The SMILES string of the molecule is [C-]#[N+][C@@H]1C[C@H](C(=O)OC(C)(C)C)N(Cc2ccccc2)[C@H]1[C@@H](N)CC(CC)CC.